The van der Waals surface area contributed by atoms with Crippen LogP contribution in [-0.2, 0) is 17.0 Å². The zero-order valence-electron chi connectivity index (χ0n) is 23.6. The summed E-state index contributed by atoms with van der Waals surface area (Å²) in [5, 5.41) is 15.3. The van der Waals surface area contributed by atoms with Crippen molar-refractivity contribution in [3.8, 4) is 0 Å². The van der Waals surface area contributed by atoms with Crippen molar-refractivity contribution in [2.45, 2.75) is 52.6 Å². The zero-order valence-corrected chi connectivity index (χ0v) is 28.5. The average Bonchev–Trinajstić information content (AvgIpc) is 2.92. The molecule has 0 amide bonds. The number of nitrogens with zero attached hydrogens (tertiary/aromatic N) is 2. The Labute approximate surface area is 255 Å². The molecule has 0 aliphatic rings. The van der Waals surface area contributed by atoms with E-state index >= 15 is 0 Å². The monoisotopic (exact) mass is 630 g/mol. The minimum absolute atomic E-state index is 0.0165. The quantitative estimate of drug-likeness (QED) is 0.150. The normalized spacial score (nSPS) is 11.2. The summed E-state index contributed by atoms with van der Waals surface area (Å²) >= 11 is -0.556. The van der Waals surface area contributed by atoms with Crippen molar-refractivity contribution in [1.29, 1.82) is 0 Å². The Balaban J connectivity index is 0.000000249. The van der Waals surface area contributed by atoms with Gasteiger partial charge in [-0.05, 0) is 21.2 Å². The molecule has 7 heteroatoms. The first-order chi connectivity index (χ1) is 18.5. The van der Waals surface area contributed by atoms with Gasteiger partial charge in [0.1, 0.15) is 0 Å². The molecule has 0 aliphatic carbocycles. The van der Waals surface area contributed by atoms with Gasteiger partial charge in [0.05, 0.1) is 0 Å². The van der Waals surface area contributed by atoms with Gasteiger partial charge < -0.3 is 10.2 Å². The molecule has 0 saturated heterocycles. The molecule has 4 aromatic rings. The Kier molecular flexibility index (Phi) is 15.5. The second-order valence-electron chi connectivity index (χ2n) is 10.6. The van der Waals surface area contributed by atoms with Crippen molar-refractivity contribution in [2.24, 2.45) is 0 Å². The van der Waals surface area contributed by atoms with Gasteiger partial charge >= 0.3 is 35.6 Å². The fourth-order valence-electron chi connectivity index (χ4n) is 3.41. The summed E-state index contributed by atoms with van der Waals surface area (Å²) in [6.45, 7) is 13.0. The van der Waals surface area contributed by atoms with E-state index in [9.17, 15) is 0 Å². The molecule has 0 fully saturated rings. The molecule has 0 heterocycles. The summed E-state index contributed by atoms with van der Waals surface area (Å²) in [4.78, 5) is 0. The van der Waals surface area contributed by atoms with E-state index in [0.717, 1.165) is 0 Å². The summed E-state index contributed by atoms with van der Waals surface area (Å²) in [5.74, 6) is 0. The molecule has 4 aromatic carbocycles. The maximum absolute atomic E-state index is 5.01. The Bertz CT molecular complexity index is 997. The molecule has 0 aromatic heterocycles. The van der Waals surface area contributed by atoms with Gasteiger partial charge in [0.25, 0.3) is 0 Å². The molecule has 0 saturated carbocycles. The Morgan fingerprint density at radius 3 is 0.769 bits per heavy atom. The summed E-state index contributed by atoms with van der Waals surface area (Å²) in [5.41, 5.74) is -0.0330. The average molecular weight is 631 g/mol. The predicted octanol–water partition coefficient (Wildman–Crippen LogP) is 9.79. The third kappa shape index (κ3) is 13.9. The van der Waals surface area contributed by atoms with Crippen molar-refractivity contribution in [3.05, 3.63) is 132 Å². The van der Waals surface area contributed by atoms with Crippen LogP contribution in [0.25, 0.3) is 10.2 Å². The van der Waals surface area contributed by atoms with Gasteiger partial charge in [-0.1, -0.05) is 163 Å². The van der Waals surface area contributed by atoms with Crippen LogP contribution in [0.15, 0.2) is 121 Å². The van der Waals surface area contributed by atoms with Gasteiger partial charge in [0, 0.05) is 0 Å². The van der Waals surface area contributed by atoms with Gasteiger partial charge in [0.2, 0.25) is 0 Å². The van der Waals surface area contributed by atoms with E-state index in [0.29, 0.717) is 0 Å². The molecule has 206 valence electrons. The van der Waals surface area contributed by atoms with Crippen molar-refractivity contribution in [2.75, 3.05) is 0 Å². The van der Waals surface area contributed by atoms with Gasteiger partial charge in [-0.3, -0.25) is 0 Å². The van der Waals surface area contributed by atoms with Crippen LogP contribution in [0.1, 0.15) is 41.5 Å². The summed E-state index contributed by atoms with van der Waals surface area (Å²) < 4.78 is 0. The standard InChI is InChI=1S/2C16H19NP.2ClH.Ti/c2*1-16(2,3)17-18(14-10-6-4-7-11-14)15-12-8-5-9-13-15;;;/h2*4-13H,1-3H3;2*1H;/q2*-1;;;+2/p-2. The molecule has 0 spiro atoms. The Morgan fingerprint density at radius 2 is 0.615 bits per heavy atom. The summed E-state index contributed by atoms with van der Waals surface area (Å²) in [6.07, 6.45) is 0. The van der Waals surface area contributed by atoms with Crippen LogP contribution in [0.4, 0.5) is 0 Å². The van der Waals surface area contributed by atoms with Crippen molar-refractivity contribution in [1.82, 2.24) is 0 Å². The molecule has 0 radical (unpaired) electrons. The number of benzene rings is 4. The molecule has 2 nitrogen and oxygen atoms in total. The Hall–Kier alpha value is -1.05. The second kappa shape index (κ2) is 17.7. The Morgan fingerprint density at radius 1 is 0.436 bits per heavy atom. The minimum atomic E-state index is -0.614. The molecule has 0 unspecified atom stereocenters. The first kappa shape index (κ1) is 34.2. The molecule has 0 N–H and O–H groups in total. The number of hydrogen-bond donors (Lipinski definition) is 0. The van der Waals surface area contributed by atoms with Crippen LogP contribution in [0.2, 0.25) is 0 Å². The zero-order chi connectivity index (χ0) is 28.7. The molecule has 0 aliphatic heterocycles. The summed E-state index contributed by atoms with van der Waals surface area (Å²) in [7, 11) is 8.55. The van der Waals surface area contributed by atoms with E-state index in [4.69, 9.17) is 28.8 Å². The van der Waals surface area contributed by atoms with E-state index in [1.54, 1.807) is 0 Å². The van der Waals surface area contributed by atoms with Crippen LogP contribution in [-0.4, -0.2) is 11.1 Å². The van der Waals surface area contributed by atoms with Crippen molar-refractivity contribution < 1.29 is 17.0 Å². The van der Waals surface area contributed by atoms with Crippen molar-refractivity contribution in [3.63, 3.8) is 0 Å². The van der Waals surface area contributed by atoms with Gasteiger partial charge in [-0.25, -0.2) is 0 Å². The molecule has 0 atom stereocenters. The molecule has 0 bridgehead atoms. The third-order valence-electron chi connectivity index (χ3n) is 4.80. The molecular formula is C32H38Cl2N2P2Ti-2. The topological polar surface area (TPSA) is 28.2 Å². The van der Waals surface area contributed by atoms with Gasteiger partial charge in [-0.2, -0.15) is 16.1 Å². The summed E-state index contributed by atoms with van der Waals surface area (Å²) in [6, 6.07) is 42.3. The number of halogens is 2. The number of rotatable bonds is 6. The fourth-order valence-corrected chi connectivity index (χ4v) is 7.48. The van der Waals surface area contributed by atoms with Crippen molar-refractivity contribution >= 4 is 56.0 Å². The van der Waals surface area contributed by atoms with E-state index in [1.807, 2.05) is 0 Å². The van der Waals surface area contributed by atoms with Crippen LogP contribution in [0.5, 0.6) is 0 Å². The van der Waals surface area contributed by atoms with Crippen LogP contribution >= 0.6 is 34.8 Å². The molecular weight excluding hydrogens is 593 g/mol. The first-order valence-electron chi connectivity index (χ1n) is 12.8. The van der Waals surface area contributed by atoms with Crippen LogP contribution < -0.4 is 21.2 Å². The van der Waals surface area contributed by atoms with Crippen LogP contribution in [0.3, 0.4) is 0 Å². The van der Waals surface area contributed by atoms with Gasteiger partial charge in [-0.15, -0.1) is 11.1 Å². The maximum atomic E-state index is 5.01. The fraction of sp³-hybridized carbons (Fsp3) is 0.250. The number of hydrogen-bond acceptors (Lipinski definition) is 0. The van der Waals surface area contributed by atoms with Crippen LogP contribution in [0, 0.1) is 0 Å². The molecule has 4 rings (SSSR count). The van der Waals surface area contributed by atoms with E-state index < -0.39 is 33.2 Å². The molecule has 39 heavy (non-hydrogen) atoms. The van der Waals surface area contributed by atoms with E-state index in [2.05, 4.69) is 163 Å². The second-order valence-corrected chi connectivity index (χ2v) is 16.9. The third-order valence-corrected chi connectivity index (χ3v) is 9.55. The van der Waals surface area contributed by atoms with Gasteiger partial charge in [0.15, 0.2) is 0 Å². The van der Waals surface area contributed by atoms with E-state index in [-0.39, 0.29) is 11.1 Å². The predicted molar refractivity (Wildman–Crippen MR) is 176 cm³/mol. The van der Waals surface area contributed by atoms with E-state index in [1.165, 1.54) is 21.2 Å². The SMILES string of the molecule is CC(C)(C)[N-]P(c1ccccc1)c1ccccc1.CC(C)(C)[N-]P(c1ccccc1)c1ccccc1.[Cl][Ti][Cl]. The first-order valence-corrected chi connectivity index (χ1v) is 19.6.